The van der Waals surface area contributed by atoms with Gasteiger partial charge in [-0.15, -0.1) is 0 Å². The summed E-state index contributed by atoms with van der Waals surface area (Å²) in [4.78, 5) is 3.99. The molecule has 0 unspecified atom stereocenters. The van der Waals surface area contributed by atoms with Crippen molar-refractivity contribution in [1.82, 2.24) is 4.98 Å². The molecule has 4 nitrogen and oxygen atoms in total. The van der Waals surface area contributed by atoms with E-state index in [0.29, 0.717) is 0 Å². The third kappa shape index (κ3) is 2.51. The Bertz CT molecular complexity index is 1170. The summed E-state index contributed by atoms with van der Waals surface area (Å²) in [6.45, 7) is 0. The summed E-state index contributed by atoms with van der Waals surface area (Å²) in [5.74, 6) is -0.795. The number of hydrogen-bond acceptors (Lipinski definition) is 4. The standard InChI is InChI=1S/C17H11FN2O2S2/c18-13-7-3-4-8-15(13)24(21,22)20-17-19-16-12-6-2-1-5-11(12)9-10-14(16)23-17/h1-10H,(H,19,20). The highest BCUT2D eigenvalue weighted by atomic mass is 32.2. The molecular formula is C17H11FN2O2S2. The van der Waals surface area contributed by atoms with Gasteiger partial charge in [0.25, 0.3) is 10.0 Å². The molecule has 24 heavy (non-hydrogen) atoms. The maximum absolute atomic E-state index is 13.8. The molecule has 120 valence electrons. The van der Waals surface area contributed by atoms with Crippen molar-refractivity contribution >= 4 is 47.5 Å². The first-order valence-corrected chi connectivity index (χ1v) is 9.40. The summed E-state index contributed by atoms with van der Waals surface area (Å²) in [7, 11) is -4.02. The molecule has 0 aliphatic heterocycles. The molecule has 0 saturated carbocycles. The largest absolute Gasteiger partial charge is 0.266 e. The number of nitrogens with one attached hydrogen (secondary N) is 1. The Hall–Kier alpha value is -2.51. The summed E-state index contributed by atoms with van der Waals surface area (Å²) in [5, 5.41) is 2.19. The average Bonchev–Trinajstić information content (AvgIpc) is 2.97. The second-order valence-corrected chi connectivity index (χ2v) is 7.87. The number of anilines is 1. The second kappa shape index (κ2) is 5.54. The van der Waals surface area contributed by atoms with Crippen molar-refractivity contribution in [1.29, 1.82) is 0 Å². The molecule has 3 aromatic carbocycles. The van der Waals surface area contributed by atoms with Crippen molar-refractivity contribution in [3.63, 3.8) is 0 Å². The second-order valence-electron chi connectivity index (χ2n) is 5.19. The fourth-order valence-electron chi connectivity index (χ4n) is 2.54. The van der Waals surface area contributed by atoms with Gasteiger partial charge in [-0.2, -0.15) is 0 Å². The van der Waals surface area contributed by atoms with Crippen LogP contribution in [0.3, 0.4) is 0 Å². The van der Waals surface area contributed by atoms with Crippen molar-refractivity contribution in [3.05, 3.63) is 66.5 Å². The van der Waals surface area contributed by atoms with Gasteiger partial charge in [-0.05, 0) is 23.6 Å². The van der Waals surface area contributed by atoms with Crippen LogP contribution in [0.1, 0.15) is 0 Å². The van der Waals surface area contributed by atoms with E-state index in [1.165, 1.54) is 29.5 Å². The van der Waals surface area contributed by atoms with Gasteiger partial charge in [0, 0.05) is 5.39 Å². The third-order valence-electron chi connectivity index (χ3n) is 3.63. The summed E-state index contributed by atoms with van der Waals surface area (Å²) in [5.41, 5.74) is 0.726. The minimum Gasteiger partial charge on any atom is -0.255 e. The maximum atomic E-state index is 13.8. The Kier molecular flexibility index (Phi) is 3.47. The summed E-state index contributed by atoms with van der Waals surface area (Å²) >= 11 is 1.22. The molecule has 0 saturated heterocycles. The molecule has 7 heteroatoms. The van der Waals surface area contributed by atoms with E-state index >= 15 is 0 Å². The molecule has 0 amide bonds. The van der Waals surface area contributed by atoms with Crippen molar-refractivity contribution in [2.75, 3.05) is 4.72 Å². The van der Waals surface area contributed by atoms with E-state index in [-0.39, 0.29) is 5.13 Å². The first-order chi connectivity index (χ1) is 11.5. The zero-order valence-corrected chi connectivity index (χ0v) is 13.9. The van der Waals surface area contributed by atoms with Gasteiger partial charge < -0.3 is 0 Å². The zero-order chi connectivity index (χ0) is 16.7. The van der Waals surface area contributed by atoms with Crippen molar-refractivity contribution in [2.24, 2.45) is 0 Å². The first-order valence-electron chi connectivity index (χ1n) is 7.10. The topological polar surface area (TPSA) is 59.1 Å². The van der Waals surface area contributed by atoms with Gasteiger partial charge in [-0.3, -0.25) is 4.72 Å². The smallest absolute Gasteiger partial charge is 0.255 e. The number of fused-ring (bicyclic) bond motifs is 3. The molecule has 0 spiro atoms. The molecule has 4 aromatic rings. The summed E-state index contributed by atoms with van der Waals surface area (Å²) in [6.07, 6.45) is 0. The Morgan fingerprint density at radius 3 is 2.54 bits per heavy atom. The van der Waals surface area contributed by atoms with Crippen LogP contribution < -0.4 is 4.72 Å². The highest BCUT2D eigenvalue weighted by Crippen LogP contribution is 2.32. The van der Waals surface area contributed by atoms with E-state index in [4.69, 9.17) is 0 Å². The molecule has 0 bridgehead atoms. The van der Waals surface area contributed by atoms with E-state index in [1.54, 1.807) is 0 Å². The van der Waals surface area contributed by atoms with E-state index in [0.717, 1.165) is 27.1 Å². The highest BCUT2D eigenvalue weighted by Gasteiger charge is 2.20. The number of nitrogens with zero attached hydrogens (tertiary/aromatic N) is 1. The van der Waals surface area contributed by atoms with Crippen LogP contribution in [0.15, 0.2) is 65.6 Å². The van der Waals surface area contributed by atoms with Gasteiger partial charge in [-0.1, -0.05) is 53.8 Å². The van der Waals surface area contributed by atoms with E-state index in [2.05, 4.69) is 9.71 Å². The number of hydrogen-bond donors (Lipinski definition) is 1. The number of halogens is 1. The quantitative estimate of drug-likeness (QED) is 0.591. The van der Waals surface area contributed by atoms with Crippen LogP contribution >= 0.6 is 11.3 Å². The summed E-state index contributed by atoms with van der Waals surface area (Å²) < 4.78 is 41.8. The first kappa shape index (κ1) is 15.0. The van der Waals surface area contributed by atoms with Crippen molar-refractivity contribution < 1.29 is 12.8 Å². The van der Waals surface area contributed by atoms with Gasteiger partial charge in [-0.25, -0.2) is 17.8 Å². The third-order valence-corrected chi connectivity index (χ3v) is 6.07. The highest BCUT2D eigenvalue weighted by molar-refractivity contribution is 7.93. The Morgan fingerprint density at radius 2 is 1.71 bits per heavy atom. The van der Waals surface area contributed by atoms with Crippen LogP contribution in [0, 0.1) is 5.82 Å². The molecule has 4 rings (SSSR count). The predicted octanol–water partition coefficient (Wildman–Crippen LogP) is 4.39. The molecule has 1 heterocycles. The molecule has 0 fully saturated rings. The molecule has 0 aliphatic rings. The minimum atomic E-state index is -4.02. The van der Waals surface area contributed by atoms with Gasteiger partial charge in [0.2, 0.25) is 0 Å². The van der Waals surface area contributed by atoms with Gasteiger partial charge >= 0.3 is 0 Å². The van der Waals surface area contributed by atoms with Crippen LogP contribution in [0.5, 0.6) is 0 Å². The number of benzene rings is 3. The van der Waals surface area contributed by atoms with Crippen molar-refractivity contribution in [3.8, 4) is 0 Å². The SMILES string of the molecule is O=S(=O)(Nc1nc2c(ccc3ccccc32)s1)c1ccccc1F. The Morgan fingerprint density at radius 1 is 0.958 bits per heavy atom. The minimum absolute atomic E-state index is 0.213. The lowest BCUT2D eigenvalue weighted by atomic mass is 10.1. The molecule has 1 aromatic heterocycles. The monoisotopic (exact) mass is 358 g/mol. The van der Waals surface area contributed by atoms with E-state index in [1.807, 2.05) is 36.4 Å². The van der Waals surface area contributed by atoms with Gasteiger partial charge in [0.15, 0.2) is 5.13 Å². The molecule has 0 radical (unpaired) electrons. The fraction of sp³-hybridized carbons (Fsp3) is 0. The Labute approximate surface area is 141 Å². The average molecular weight is 358 g/mol. The van der Waals surface area contributed by atoms with Crippen LogP contribution in [0.4, 0.5) is 9.52 Å². The van der Waals surface area contributed by atoms with E-state index < -0.39 is 20.7 Å². The number of aromatic nitrogens is 1. The van der Waals surface area contributed by atoms with Crippen LogP contribution in [-0.4, -0.2) is 13.4 Å². The summed E-state index contributed by atoms with van der Waals surface area (Å²) in [6, 6.07) is 16.9. The van der Waals surface area contributed by atoms with Crippen molar-refractivity contribution in [2.45, 2.75) is 4.90 Å². The molecule has 0 atom stereocenters. The fourth-order valence-corrected chi connectivity index (χ4v) is 4.73. The van der Waals surface area contributed by atoms with Crippen LogP contribution in [0.2, 0.25) is 0 Å². The van der Waals surface area contributed by atoms with Crippen LogP contribution in [-0.2, 0) is 10.0 Å². The molecule has 1 N–H and O–H groups in total. The number of sulfonamides is 1. The van der Waals surface area contributed by atoms with Gasteiger partial charge in [0.1, 0.15) is 10.7 Å². The number of rotatable bonds is 3. The lowest BCUT2D eigenvalue weighted by Crippen LogP contribution is -2.14. The molecule has 0 aliphatic carbocycles. The van der Waals surface area contributed by atoms with E-state index in [9.17, 15) is 12.8 Å². The normalized spacial score (nSPS) is 11.9. The maximum Gasteiger partial charge on any atom is 0.266 e. The molecular weight excluding hydrogens is 347 g/mol. The zero-order valence-electron chi connectivity index (χ0n) is 12.2. The Balaban J connectivity index is 1.80. The lowest BCUT2D eigenvalue weighted by molar-refractivity contribution is 0.570. The predicted molar refractivity (Wildman–Crippen MR) is 94.3 cm³/mol. The number of thiazole rings is 1. The lowest BCUT2D eigenvalue weighted by Gasteiger charge is -2.05. The van der Waals surface area contributed by atoms with Gasteiger partial charge in [0.05, 0.1) is 10.2 Å². The van der Waals surface area contributed by atoms with Crippen LogP contribution in [0.25, 0.3) is 21.0 Å².